The number of hydrogen-bond acceptors (Lipinski definition) is 8. The molecule has 3 saturated heterocycles. The van der Waals surface area contributed by atoms with Gasteiger partial charge in [0, 0.05) is 65.3 Å². The van der Waals surface area contributed by atoms with E-state index >= 15 is 0 Å². The minimum absolute atomic E-state index is 0.154. The van der Waals surface area contributed by atoms with E-state index in [0.717, 1.165) is 75.3 Å². The van der Waals surface area contributed by atoms with Crippen LogP contribution in [0.2, 0.25) is 0 Å². The van der Waals surface area contributed by atoms with E-state index < -0.39 is 11.6 Å². The van der Waals surface area contributed by atoms with Gasteiger partial charge in [-0.05, 0) is 88.3 Å². The number of piperazine rings is 1. The minimum atomic E-state index is -0.744. The maximum atomic E-state index is 13.7. The molecule has 1 unspecified atom stereocenters. The summed E-state index contributed by atoms with van der Waals surface area (Å²) in [7, 11) is 3.34. The number of imidazole rings is 1. The normalized spacial score (nSPS) is 21.6. The average Bonchev–Trinajstić information content (AvgIpc) is 3.32. The van der Waals surface area contributed by atoms with Crippen LogP contribution < -0.4 is 10.4 Å². The molecule has 0 spiro atoms. The molecule has 1 aromatic heterocycles. The van der Waals surface area contributed by atoms with Crippen LogP contribution >= 0.6 is 0 Å². The van der Waals surface area contributed by atoms with Gasteiger partial charge in [-0.2, -0.15) is 0 Å². The summed E-state index contributed by atoms with van der Waals surface area (Å²) >= 11 is 0. The van der Waals surface area contributed by atoms with Crippen molar-refractivity contribution >= 4 is 28.9 Å². The number of nitrogens with zero attached hydrogens (tertiary/aromatic N) is 6. The molecular weight excluding hydrogens is 636 g/mol. The molecule has 3 fully saturated rings. The molecule has 2 atom stereocenters. The third-order valence-corrected chi connectivity index (χ3v) is 10.5. The fourth-order valence-electron chi connectivity index (χ4n) is 7.65. The smallest absolute Gasteiger partial charge is 0.410 e. The number of rotatable bonds is 8. The summed E-state index contributed by atoms with van der Waals surface area (Å²) in [6.07, 6.45) is 2.27. The molecule has 3 aromatic rings. The Bertz CT molecular complexity index is 1770. The maximum Gasteiger partial charge on any atom is 0.410 e. The van der Waals surface area contributed by atoms with Gasteiger partial charge in [0.05, 0.1) is 24.7 Å². The van der Waals surface area contributed by atoms with Gasteiger partial charge < -0.3 is 14.4 Å². The maximum absolute atomic E-state index is 13.7. The molecule has 0 bridgehead atoms. The van der Waals surface area contributed by atoms with E-state index in [2.05, 4.69) is 28.9 Å². The zero-order valence-electron chi connectivity index (χ0n) is 30.4. The quantitative estimate of drug-likeness (QED) is 0.321. The van der Waals surface area contributed by atoms with Crippen molar-refractivity contribution in [3.63, 3.8) is 0 Å². The van der Waals surface area contributed by atoms with Gasteiger partial charge in [-0.25, -0.2) is 9.59 Å². The summed E-state index contributed by atoms with van der Waals surface area (Å²) in [6.45, 7) is 14.3. The van der Waals surface area contributed by atoms with Gasteiger partial charge in [0.25, 0.3) is 5.91 Å². The SMILES string of the molecule is COc1ccc(CN2C(=O)CCC(n3c(=O)n(C)c4cc(CN5CCN(CC6CCN(C(=O)OC(C)(C)C)CC6)[C@@H](C)C5)ccc43)C2=O)cc1. The Labute approximate surface area is 294 Å². The molecule has 0 N–H and O–H groups in total. The zero-order valence-corrected chi connectivity index (χ0v) is 30.4. The summed E-state index contributed by atoms with van der Waals surface area (Å²) < 4.78 is 14.0. The van der Waals surface area contributed by atoms with E-state index in [0.29, 0.717) is 29.6 Å². The molecule has 6 rings (SSSR count). The van der Waals surface area contributed by atoms with Crippen molar-refractivity contribution in [3.8, 4) is 5.75 Å². The van der Waals surface area contributed by atoms with Gasteiger partial charge in [-0.1, -0.05) is 18.2 Å². The van der Waals surface area contributed by atoms with Crippen LogP contribution in [-0.2, 0) is 34.5 Å². The number of aryl methyl sites for hydroxylation is 1. The van der Waals surface area contributed by atoms with Gasteiger partial charge in [-0.3, -0.25) is 33.4 Å². The van der Waals surface area contributed by atoms with E-state index in [1.54, 1.807) is 35.4 Å². The lowest BCUT2D eigenvalue weighted by Gasteiger charge is -2.42. The second kappa shape index (κ2) is 14.6. The van der Waals surface area contributed by atoms with Crippen molar-refractivity contribution in [2.75, 3.05) is 46.4 Å². The van der Waals surface area contributed by atoms with Crippen molar-refractivity contribution in [1.82, 2.24) is 28.7 Å². The molecule has 50 heavy (non-hydrogen) atoms. The third-order valence-electron chi connectivity index (χ3n) is 10.5. The van der Waals surface area contributed by atoms with Crippen LogP contribution in [0.5, 0.6) is 5.75 Å². The van der Waals surface area contributed by atoms with Crippen molar-refractivity contribution in [2.45, 2.75) is 84.2 Å². The number of likely N-dealkylation sites (tertiary alicyclic amines) is 2. The van der Waals surface area contributed by atoms with Crippen molar-refractivity contribution in [2.24, 2.45) is 13.0 Å². The number of benzene rings is 2. The number of piperidine rings is 2. The topological polar surface area (TPSA) is 110 Å². The van der Waals surface area contributed by atoms with E-state index in [1.165, 1.54) is 4.90 Å². The highest BCUT2D eigenvalue weighted by Crippen LogP contribution is 2.29. The minimum Gasteiger partial charge on any atom is -0.497 e. The number of carbonyl (C=O) groups is 3. The predicted octanol–water partition coefficient (Wildman–Crippen LogP) is 4.39. The van der Waals surface area contributed by atoms with Gasteiger partial charge in [0.2, 0.25) is 5.91 Å². The number of fused-ring (bicyclic) bond motifs is 1. The van der Waals surface area contributed by atoms with Gasteiger partial charge >= 0.3 is 11.8 Å². The van der Waals surface area contributed by atoms with Crippen molar-refractivity contribution in [3.05, 3.63) is 64.1 Å². The van der Waals surface area contributed by atoms with Crippen LogP contribution in [0.25, 0.3) is 11.0 Å². The number of amides is 3. The summed E-state index contributed by atoms with van der Waals surface area (Å²) in [5.74, 6) is 0.692. The Balaban J connectivity index is 1.07. The summed E-state index contributed by atoms with van der Waals surface area (Å²) in [5, 5.41) is 0. The Morgan fingerprint density at radius 2 is 1.58 bits per heavy atom. The molecule has 3 aliphatic rings. The van der Waals surface area contributed by atoms with E-state index in [9.17, 15) is 19.2 Å². The Hall–Kier alpha value is -4.16. The van der Waals surface area contributed by atoms with Gasteiger partial charge in [0.15, 0.2) is 0 Å². The summed E-state index contributed by atoms with van der Waals surface area (Å²) in [4.78, 5) is 60.9. The highest BCUT2D eigenvalue weighted by atomic mass is 16.6. The number of aromatic nitrogens is 2. The first kappa shape index (κ1) is 35.7. The number of hydrogen-bond donors (Lipinski definition) is 0. The zero-order chi connectivity index (χ0) is 35.7. The Morgan fingerprint density at radius 1 is 0.880 bits per heavy atom. The third kappa shape index (κ3) is 7.76. The van der Waals surface area contributed by atoms with Crippen LogP contribution in [0.15, 0.2) is 47.3 Å². The number of methoxy groups -OCH3 is 1. The van der Waals surface area contributed by atoms with Crippen molar-refractivity contribution < 1.29 is 23.9 Å². The van der Waals surface area contributed by atoms with Crippen LogP contribution in [0.3, 0.4) is 0 Å². The molecule has 0 aliphatic carbocycles. The molecule has 4 heterocycles. The molecule has 3 aliphatic heterocycles. The second-order valence-electron chi connectivity index (χ2n) is 15.2. The fourth-order valence-corrected chi connectivity index (χ4v) is 7.65. The van der Waals surface area contributed by atoms with Gasteiger partial charge in [-0.15, -0.1) is 0 Å². The van der Waals surface area contributed by atoms with E-state index in [-0.39, 0.29) is 36.6 Å². The first-order valence-electron chi connectivity index (χ1n) is 17.9. The molecule has 3 amide bonds. The second-order valence-corrected chi connectivity index (χ2v) is 15.2. The molecule has 12 heteroatoms. The van der Waals surface area contributed by atoms with Gasteiger partial charge in [0.1, 0.15) is 17.4 Å². The number of imide groups is 1. The van der Waals surface area contributed by atoms with Crippen LogP contribution in [-0.4, -0.2) is 105 Å². The number of carbonyl (C=O) groups excluding carboxylic acids is 3. The average molecular weight is 689 g/mol. The summed E-state index contributed by atoms with van der Waals surface area (Å²) in [5.41, 5.74) is 2.69. The number of ether oxygens (including phenoxy) is 2. The largest absolute Gasteiger partial charge is 0.497 e. The molecule has 270 valence electrons. The molecular formula is C38H52N6O6. The highest BCUT2D eigenvalue weighted by Gasteiger charge is 2.37. The van der Waals surface area contributed by atoms with Crippen molar-refractivity contribution in [1.29, 1.82) is 0 Å². The van der Waals surface area contributed by atoms with Crippen LogP contribution in [0, 0.1) is 5.92 Å². The van der Waals surface area contributed by atoms with E-state index in [4.69, 9.17) is 9.47 Å². The summed E-state index contributed by atoms with van der Waals surface area (Å²) in [6, 6.07) is 13.0. The highest BCUT2D eigenvalue weighted by molar-refractivity contribution is 6.00. The first-order chi connectivity index (χ1) is 23.8. The fraction of sp³-hybridized carbons (Fsp3) is 0.579. The molecule has 0 saturated carbocycles. The predicted molar refractivity (Wildman–Crippen MR) is 191 cm³/mol. The van der Waals surface area contributed by atoms with Crippen LogP contribution in [0.4, 0.5) is 4.79 Å². The Kier molecular flexibility index (Phi) is 10.4. The molecule has 12 nitrogen and oxygen atoms in total. The lowest BCUT2D eigenvalue weighted by atomic mass is 9.95. The lowest BCUT2D eigenvalue weighted by Crippen LogP contribution is -2.53. The van der Waals surface area contributed by atoms with Crippen LogP contribution in [0.1, 0.15) is 70.5 Å². The first-order valence-corrected chi connectivity index (χ1v) is 17.9. The van der Waals surface area contributed by atoms with E-state index in [1.807, 2.05) is 43.9 Å². The standard InChI is InChI=1S/C38H52N6O6/c1-26-22-40(19-20-42(26)24-28-15-17-41(18-16-28)37(48)50-38(2,3)4)23-29-9-12-31-33(21-29)39(5)36(47)44(31)32-13-14-34(45)43(35(32)46)25-27-7-10-30(49-6)11-8-27/h7-12,21,26,28,32H,13-20,22-25H2,1-6H3/t26-,32?/m0/s1. The molecule has 0 radical (unpaired) electrons. The molecule has 2 aromatic carbocycles. The Morgan fingerprint density at radius 3 is 2.24 bits per heavy atom. The lowest BCUT2D eigenvalue weighted by molar-refractivity contribution is -0.151. The monoisotopic (exact) mass is 688 g/mol.